The second kappa shape index (κ2) is 11.0. The molecule has 3 aromatic carbocycles. The van der Waals surface area contributed by atoms with E-state index in [1.165, 1.54) is 5.56 Å². The van der Waals surface area contributed by atoms with Crippen LogP contribution in [0, 0.1) is 0 Å². The normalized spacial score (nSPS) is 10.7. The zero-order chi connectivity index (χ0) is 22.9. The third-order valence-electron chi connectivity index (χ3n) is 5.21. The van der Waals surface area contributed by atoms with Gasteiger partial charge in [0.2, 0.25) is 0 Å². The number of benzene rings is 3. The van der Waals surface area contributed by atoms with Gasteiger partial charge in [-0.1, -0.05) is 66.7 Å². The molecule has 6 heteroatoms. The minimum atomic E-state index is -0.0997. The number of carbonyl (C=O) groups is 1. The Labute approximate surface area is 194 Å². The smallest absolute Gasteiger partial charge is 0.251 e. The minimum absolute atomic E-state index is 0.0997. The Morgan fingerprint density at radius 1 is 0.848 bits per heavy atom. The van der Waals surface area contributed by atoms with Crippen molar-refractivity contribution in [3.05, 3.63) is 108 Å². The molecule has 6 nitrogen and oxygen atoms in total. The highest BCUT2D eigenvalue weighted by molar-refractivity contribution is 5.95. The monoisotopic (exact) mass is 437 g/mol. The van der Waals surface area contributed by atoms with Crippen LogP contribution in [0.3, 0.4) is 0 Å². The second-order valence-electron chi connectivity index (χ2n) is 7.85. The number of likely N-dealkylation sites (N-methyl/N-ethyl adjacent to an activating group) is 1. The van der Waals surface area contributed by atoms with Crippen LogP contribution < -0.4 is 10.6 Å². The van der Waals surface area contributed by atoms with Crippen molar-refractivity contribution in [2.75, 3.05) is 25.5 Å². The number of amides is 1. The van der Waals surface area contributed by atoms with Gasteiger partial charge in [0.15, 0.2) is 5.82 Å². The molecule has 1 amide bonds. The first-order valence-electron chi connectivity index (χ1n) is 10.9. The molecule has 0 aliphatic heterocycles. The van der Waals surface area contributed by atoms with Crippen LogP contribution in [0.5, 0.6) is 0 Å². The van der Waals surface area contributed by atoms with Crippen LogP contribution in [0.2, 0.25) is 0 Å². The molecule has 0 bridgehead atoms. The van der Waals surface area contributed by atoms with Gasteiger partial charge in [0.1, 0.15) is 0 Å². The van der Waals surface area contributed by atoms with Gasteiger partial charge in [-0.3, -0.25) is 4.79 Å². The second-order valence-corrected chi connectivity index (χ2v) is 7.85. The summed E-state index contributed by atoms with van der Waals surface area (Å²) in [7, 11) is 2.05. The standard InChI is InChI=1S/C27H27N5O/c1-32(20-21-9-4-2-5-10-21)18-17-28-27(33)23-13-8-14-24(19-23)29-26-16-15-25(30-31-26)22-11-6-3-7-12-22/h2-16,19H,17-18,20H2,1H3,(H,28,33)(H,29,31). The fourth-order valence-electron chi connectivity index (χ4n) is 3.48. The van der Waals surface area contributed by atoms with E-state index in [0.717, 1.165) is 30.0 Å². The van der Waals surface area contributed by atoms with Crippen molar-refractivity contribution in [3.8, 4) is 11.3 Å². The van der Waals surface area contributed by atoms with E-state index in [4.69, 9.17) is 0 Å². The average molecular weight is 438 g/mol. The lowest BCUT2D eigenvalue weighted by molar-refractivity contribution is 0.0949. The Hall–Kier alpha value is -4.03. The molecule has 33 heavy (non-hydrogen) atoms. The summed E-state index contributed by atoms with van der Waals surface area (Å²) in [4.78, 5) is 14.8. The van der Waals surface area contributed by atoms with Gasteiger partial charge in [-0.25, -0.2) is 0 Å². The molecule has 0 aliphatic rings. The van der Waals surface area contributed by atoms with Gasteiger partial charge < -0.3 is 15.5 Å². The Morgan fingerprint density at radius 2 is 1.61 bits per heavy atom. The van der Waals surface area contributed by atoms with Crippen LogP contribution in [-0.4, -0.2) is 41.1 Å². The largest absolute Gasteiger partial charge is 0.351 e. The lowest BCUT2D eigenvalue weighted by Gasteiger charge is -2.17. The number of anilines is 2. The van der Waals surface area contributed by atoms with Gasteiger partial charge in [0, 0.05) is 36.4 Å². The minimum Gasteiger partial charge on any atom is -0.351 e. The predicted octanol–water partition coefficient (Wildman–Crippen LogP) is 4.75. The summed E-state index contributed by atoms with van der Waals surface area (Å²) in [5, 5.41) is 14.8. The fourth-order valence-corrected chi connectivity index (χ4v) is 3.48. The van der Waals surface area contributed by atoms with Gasteiger partial charge in [-0.2, -0.15) is 0 Å². The molecule has 166 valence electrons. The number of hydrogen-bond donors (Lipinski definition) is 2. The van der Waals surface area contributed by atoms with E-state index in [1.54, 1.807) is 6.07 Å². The number of aromatic nitrogens is 2. The van der Waals surface area contributed by atoms with Gasteiger partial charge >= 0.3 is 0 Å². The first-order chi connectivity index (χ1) is 16.2. The summed E-state index contributed by atoms with van der Waals surface area (Å²) in [6, 6.07) is 31.4. The lowest BCUT2D eigenvalue weighted by Crippen LogP contribution is -2.32. The van der Waals surface area contributed by atoms with Crippen molar-refractivity contribution >= 4 is 17.4 Å². The van der Waals surface area contributed by atoms with Crippen LogP contribution in [-0.2, 0) is 6.54 Å². The first-order valence-corrected chi connectivity index (χ1v) is 10.9. The van der Waals surface area contributed by atoms with Gasteiger partial charge in [-0.15, -0.1) is 10.2 Å². The molecule has 0 atom stereocenters. The van der Waals surface area contributed by atoms with Gasteiger partial charge in [0.25, 0.3) is 5.91 Å². The van der Waals surface area contributed by atoms with Crippen molar-refractivity contribution < 1.29 is 4.79 Å². The van der Waals surface area contributed by atoms with Crippen LogP contribution >= 0.6 is 0 Å². The molecule has 4 aromatic rings. The molecule has 0 saturated heterocycles. The Kier molecular flexibility index (Phi) is 7.40. The van der Waals surface area contributed by atoms with Crippen molar-refractivity contribution in [1.29, 1.82) is 0 Å². The van der Waals surface area contributed by atoms with E-state index in [-0.39, 0.29) is 5.91 Å². The van der Waals surface area contributed by atoms with Crippen molar-refractivity contribution in [2.45, 2.75) is 6.54 Å². The molecule has 0 spiro atoms. The quantitative estimate of drug-likeness (QED) is 0.395. The van der Waals surface area contributed by atoms with Crippen LogP contribution in [0.1, 0.15) is 15.9 Å². The first kappa shape index (κ1) is 22.2. The molecule has 0 unspecified atom stereocenters. The predicted molar refractivity (Wildman–Crippen MR) is 132 cm³/mol. The van der Waals surface area contributed by atoms with Crippen molar-refractivity contribution in [3.63, 3.8) is 0 Å². The molecule has 0 saturated carbocycles. The molecular formula is C27H27N5O. The van der Waals surface area contributed by atoms with Gasteiger partial charge in [-0.05, 0) is 42.9 Å². The highest BCUT2D eigenvalue weighted by atomic mass is 16.1. The molecule has 0 aliphatic carbocycles. The summed E-state index contributed by atoms with van der Waals surface area (Å²) in [5.41, 5.74) is 4.46. The molecule has 2 N–H and O–H groups in total. The van der Waals surface area contributed by atoms with Gasteiger partial charge in [0.05, 0.1) is 5.69 Å². The highest BCUT2D eigenvalue weighted by Gasteiger charge is 2.08. The molecular weight excluding hydrogens is 410 g/mol. The highest BCUT2D eigenvalue weighted by Crippen LogP contribution is 2.19. The van der Waals surface area contributed by atoms with E-state index < -0.39 is 0 Å². The summed E-state index contributed by atoms with van der Waals surface area (Å²) >= 11 is 0. The average Bonchev–Trinajstić information content (AvgIpc) is 2.86. The number of nitrogens with one attached hydrogen (secondary N) is 2. The number of rotatable bonds is 9. The fraction of sp³-hybridized carbons (Fsp3) is 0.148. The summed E-state index contributed by atoms with van der Waals surface area (Å²) in [5.74, 6) is 0.520. The van der Waals surface area contributed by atoms with E-state index in [2.05, 4.69) is 37.9 Å². The lowest BCUT2D eigenvalue weighted by atomic mass is 10.1. The molecule has 1 aromatic heterocycles. The SMILES string of the molecule is CN(CCNC(=O)c1cccc(Nc2ccc(-c3ccccc3)nn2)c1)Cc1ccccc1. The van der Waals surface area contributed by atoms with Crippen LogP contribution in [0.15, 0.2) is 97.1 Å². The van der Waals surface area contributed by atoms with E-state index in [9.17, 15) is 4.79 Å². The zero-order valence-electron chi connectivity index (χ0n) is 18.6. The molecule has 4 rings (SSSR count). The van der Waals surface area contributed by atoms with Crippen molar-refractivity contribution in [2.24, 2.45) is 0 Å². The van der Waals surface area contributed by atoms with Crippen LogP contribution in [0.25, 0.3) is 11.3 Å². The zero-order valence-corrected chi connectivity index (χ0v) is 18.6. The maximum Gasteiger partial charge on any atom is 0.251 e. The number of nitrogens with zero attached hydrogens (tertiary/aromatic N) is 3. The molecule has 0 fully saturated rings. The van der Waals surface area contributed by atoms with E-state index in [0.29, 0.717) is 17.9 Å². The molecule has 1 heterocycles. The number of hydrogen-bond acceptors (Lipinski definition) is 5. The molecule has 0 radical (unpaired) electrons. The third kappa shape index (κ3) is 6.48. The number of carbonyl (C=O) groups excluding carboxylic acids is 1. The summed E-state index contributed by atoms with van der Waals surface area (Å²) in [6.07, 6.45) is 0. The van der Waals surface area contributed by atoms with E-state index >= 15 is 0 Å². The Balaban J connectivity index is 1.29. The third-order valence-corrected chi connectivity index (χ3v) is 5.21. The topological polar surface area (TPSA) is 70.2 Å². The maximum atomic E-state index is 12.6. The maximum absolute atomic E-state index is 12.6. The van der Waals surface area contributed by atoms with E-state index in [1.807, 2.05) is 85.9 Å². The Bertz CT molecular complexity index is 1160. The Morgan fingerprint density at radius 3 is 2.33 bits per heavy atom. The van der Waals surface area contributed by atoms with Crippen LogP contribution in [0.4, 0.5) is 11.5 Å². The summed E-state index contributed by atoms with van der Waals surface area (Å²) < 4.78 is 0. The summed E-state index contributed by atoms with van der Waals surface area (Å²) in [6.45, 7) is 2.19. The van der Waals surface area contributed by atoms with Crippen molar-refractivity contribution in [1.82, 2.24) is 20.4 Å².